The third-order valence-electron chi connectivity index (χ3n) is 7.35. The molecule has 0 bridgehead atoms. The second-order valence-corrected chi connectivity index (χ2v) is 11.3. The number of aromatic amines is 1. The van der Waals surface area contributed by atoms with E-state index in [4.69, 9.17) is 18.0 Å². The fourth-order valence-electron chi connectivity index (χ4n) is 5.52. The third-order valence-corrected chi connectivity index (χ3v) is 7.92. The van der Waals surface area contributed by atoms with Crippen LogP contribution in [0.4, 0.5) is 13.2 Å². The molecule has 3 heterocycles. The lowest BCUT2D eigenvalue weighted by molar-refractivity contribution is -0.576. The zero-order valence-corrected chi connectivity index (χ0v) is 23.4. The molecule has 0 radical (unpaired) electrons. The summed E-state index contributed by atoms with van der Waals surface area (Å²) in [5.74, 6) is 0.925. The van der Waals surface area contributed by atoms with E-state index in [-0.39, 0.29) is 0 Å². The summed E-state index contributed by atoms with van der Waals surface area (Å²) in [6.07, 6.45) is 3.87. The van der Waals surface area contributed by atoms with Crippen LogP contribution in [0.1, 0.15) is 11.1 Å². The molecular weight excluding hydrogens is 575 g/mol. The van der Waals surface area contributed by atoms with Gasteiger partial charge in [-0.25, -0.2) is 8.42 Å². The van der Waals surface area contributed by atoms with Gasteiger partial charge in [-0.2, -0.15) is 17.7 Å². The van der Waals surface area contributed by atoms with Crippen molar-refractivity contribution < 1.29 is 30.7 Å². The van der Waals surface area contributed by atoms with Gasteiger partial charge in [0.15, 0.2) is 15.8 Å². The largest absolute Gasteiger partial charge is 0.741 e. The highest BCUT2D eigenvalue weighted by atomic mass is 32.2. The number of pyridine rings is 2. The van der Waals surface area contributed by atoms with Crippen molar-refractivity contribution in [2.75, 3.05) is 0 Å². The molecule has 0 fully saturated rings. The Kier molecular flexibility index (Phi) is 7.33. The van der Waals surface area contributed by atoms with Crippen molar-refractivity contribution in [2.24, 2.45) is 0 Å². The van der Waals surface area contributed by atoms with Crippen molar-refractivity contribution in [3.8, 4) is 39.6 Å². The van der Waals surface area contributed by atoms with Gasteiger partial charge in [-0.15, -0.1) is 0 Å². The number of fused-ring (bicyclic) bond motifs is 5. The average molecular weight is 600 g/mol. The second-order valence-electron chi connectivity index (χ2n) is 9.95. The molecule has 0 aliphatic heterocycles. The Hall–Kier alpha value is -4.80. The zero-order chi connectivity index (χ0) is 30.2. The maximum absolute atomic E-state index is 10.7. The third kappa shape index (κ3) is 5.42. The molecule has 1 N–H and O–H groups in total. The van der Waals surface area contributed by atoms with Gasteiger partial charge in [-0.3, -0.25) is 0 Å². The molecule has 0 atom stereocenters. The standard InChI is InChI=1S/C32H23N3.CHF3O3S/c1-3-11-22(12-4-1)27-21-29(23-13-5-2-6-14-23)35(30-17-9-10-20-33-30)32-26(27)19-18-25-24-15-7-8-16-28(24)34-31(25)32;2-1(3,4)8(5,6)7/h1-17,20-21H,18-19H2;(H,5,6,7). The summed E-state index contributed by atoms with van der Waals surface area (Å²) in [5.41, 5.74) is 5.54. The van der Waals surface area contributed by atoms with Crippen molar-refractivity contribution in [3.05, 3.63) is 127 Å². The Labute approximate surface area is 245 Å². The summed E-state index contributed by atoms with van der Waals surface area (Å²) in [6, 6.07) is 38.6. The molecule has 0 saturated carbocycles. The highest BCUT2D eigenvalue weighted by Crippen LogP contribution is 2.41. The lowest BCUT2D eigenvalue weighted by Crippen LogP contribution is -2.40. The maximum Gasteiger partial charge on any atom is 0.485 e. The van der Waals surface area contributed by atoms with Crippen LogP contribution in [0.25, 0.3) is 50.5 Å². The molecular formula is C33H24F3N3O3S. The molecule has 0 amide bonds. The number of rotatable bonds is 3. The van der Waals surface area contributed by atoms with E-state index in [0.29, 0.717) is 0 Å². The molecule has 0 unspecified atom stereocenters. The number of alkyl halides is 3. The lowest BCUT2D eigenvalue weighted by Gasteiger charge is -2.23. The normalized spacial score (nSPS) is 12.7. The Morgan fingerprint density at radius 3 is 1.98 bits per heavy atom. The molecule has 1 aliphatic carbocycles. The van der Waals surface area contributed by atoms with Gasteiger partial charge in [0.1, 0.15) is 11.9 Å². The molecule has 10 heteroatoms. The van der Waals surface area contributed by atoms with Crippen LogP contribution in [-0.4, -0.2) is 28.4 Å². The number of nitrogens with zero attached hydrogens (tertiary/aromatic N) is 2. The summed E-state index contributed by atoms with van der Waals surface area (Å²) in [5, 5.41) is 1.31. The molecule has 216 valence electrons. The molecule has 43 heavy (non-hydrogen) atoms. The van der Waals surface area contributed by atoms with Crippen LogP contribution in [0, 0.1) is 0 Å². The molecule has 1 aliphatic rings. The Morgan fingerprint density at radius 1 is 0.767 bits per heavy atom. The van der Waals surface area contributed by atoms with Crippen LogP contribution >= 0.6 is 0 Å². The van der Waals surface area contributed by atoms with E-state index in [2.05, 4.69) is 113 Å². The van der Waals surface area contributed by atoms with Gasteiger partial charge in [-0.05, 0) is 52.7 Å². The van der Waals surface area contributed by atoms with E-state index in [1.807, 2.05) is 12.3 Å². The van der Waals surface area contributed by atoms with E-state index >= 15 is 0 Å². The fourth-order valence-corrected chi connectivity index (χ4v) is 5.52. The highest BCUT2D eigenvalue weighted by Gasteiger charge is 2.37. The molecule has 3 aromatic carbocycles. The lowest BCUT2D eigenvalue weighted by atomic mass is 9.85. The smallest absolute Gasteiger partial charge is 0.485 e. The molecule has 6 aromatic rings. The number of benzene rings is 3. The highest BCUT2D eigenvalue weighted by molar-refractivity contribution is 7.86. The van der Waals surface area contributed by atoms with Gasteiger partial charge in [0.25, 0.3) is 0 Å². The number of halogens is 3. The van der Waals surface area contributed by atoms with Gasteiger partial charge in [0.05, 0.1) is 5.69 Å². The van der Waals surface area contributed by atoms with Crippen molar-refractivity contribution >= 4 is 21.0 Å². The number of H-pyrrole nitrogens is 1. The predicted molar refractivity (Wildman–Crippen MR) is 157 cm³/mol. The topological polar surface area (TPSA) is 89.8 Å². The minimum Gasteiger partial charge on any atom is -0.741 e. The number of para-hydroxylation sites is 1. The minimum atomic E-state index is -6.09. The summed E-state index contributed by atoms with van der Waals surface area (Å²) in [4.78, 5) is 8.61. The maximum atomic E-state index is 10.7. The molecule has 3 aromatic heterocycles. The van der Waals surface area contributed by atoms with E-state index in [1.165, 1.54) is 50.1 Å². The molecule has 0 saturated heterocycles. The van der Waals surface area contributed by atoms with Crippen LogP contribution in [0.5, 0.6) is 0 Å². The first-order valence-electron chi connectivity index (χ1n) is 13.4. The summed E-state index contributed by atoms with van der Waals surface area (Å²) in [6.45, 7) is 0. The number of hydrogen-bond acceptors (Lipinski definition) is 4. The van der Waals surface area contributed by atoms with E-state index in [1.54, 1.807) is 0 Å². The SMILES string of the molecule is O=S(=O)([O-])C(F)(F)F.c1ccc(-c2cc(-c3ccccc3)[n+](-c3ccccn3)c3c2CCc2c-3[nH]c3ccccc23)cc1. The first-order valence-corrected chi connectivity index (χ1v) is 14.8. The van der Waals surface area contributed by atoms with Crippen molar-refractivity contribution in [1.29, 1.82) is 0 Å². The van der Waals surface area contributed by atoms with Crippen molar-refractivity contribution in [2.45, 2.75) is 18.3 Å². The predicted octanol–water partition coefficient (Wildman–Crippen LogP) is 6.99. The Bertz CT molecular complexity index is 2030. The zero-order valence-electron chi connectivity index (χ0n) is 22.5. The molecule has 7 rings (SSSR count). The Morgan fingerprint density at radius 2 is 1.35 bits per heavy atom. The van der Waals surface area contributed by atoms with Crippen LogP contribution in [0.2, 0.25) is 0 Å². The first-order chi connectivity index (χ1) is 20.6. The van der Waals surface area contributed by atoms with Gasteiger partial charge in [0, 0.05) is 28.1 Å². The number of aryl methyl sites for hydroxylation is 1. The van der Waals surface area contributed by atoms with Crippen molar-refractivity contribution in [1.82, 2.24) is 9.97 Å². The van der Waals surface area contributed by atoms with Gasteiger partial charge >= 0.3 is 11.3 Å². The number of nitrogens with one attached hydrogen (secondary N) is 1. The van der Waals surface area contributed by atoms with E-state index < -0.39 is 15.6 Å². The van der Waals surface area contributed by atoms with Crippen LogP contribution in [-0.2, 0) is 23.0 Å². The second kappa shape index (κ2) is 11.1. The summed E-state index contributed by atoms with van der Waals surface area (Å²) in [7, 11) is -6.09. The van der Waals surface area contributed by atoms with Gasteiger partial charge < -0.3 is 9.54 Å². The van der Waals surface area contributed by atoms with Crippen molar-refractivity contribution in [3.63, 3.8) is 0 Å². The van der Waals surface area contributed by atoms with Gasteiger partial charge in [-0.1, -0.05) is 84.9 Å². The van der Waals surface area contributed by atoms with E-state index in [0.717, 1.165) is 24.4 Å². The van der Waals surface area contributed by atoms with E-state index in [9.17, 15) is 13.2 Å². The quantitative estimate of drug-likeness (QED) is 0.135. The van der Waals surface area contributed by atoms with Crippen LogP contribution in [0.3, 0.4) is 0 Å². The molecule has 6 nitrogen and oxygen atoms in total. The average Bonchev–Trinajstić information content (AvgIpc) is 3.40. The molecule has 0 spiro atoms. The van der Waals surface area contributed by atoms with Crippen LogP contribution < -0.4 is 4.57 Å². The summed E-state index contributed by atoms with van der Waals surface area (Å²) >= 11 is 0. The van der Waals surface area contributed by atoms with Gasteiger partial charge in [0.2, 0.25) is 0 Å². The summed E-state index contributed by atoms with van der Waals surface area (Å²) < 4.78 is 61.3. The number of aromatic nitrogens is 3. The Balaban J connectivity index is 0.000000365. The van der Waals surface area contributed by atoms with Crippen LogP contribution in [0.15, 0.2) is 115 Å². The number of hydrogen-bond donors (Lipinski definition) is 1. The monoisotopic (exact) mass is 599 g/mol. The first kappa shape index (κ1) is 28.3. The minimum absolute atomic E-state index is 0.925. The fraction of sp³-hybridized carbons (Fsp3) is 0.0909.